The number of hydrogen-bond acceptors (Lipinski definition) is 12. The lowest BCUT2D eigenvalue weighted by atomic mass is 9.70. The molecule has 1 spiro atoms. The summed E-state index contributed by atoms with van der Waals surface area (Å²) in [6.45, 7) is 11.8. The Bertz CT molecular complexity index is 6950. The SMILES string of the molecule is CCn1c2cc(OC)ccc2c2ccc(N(c3ccc(OC)cc3)c3ccc4c(c3)C3(c5cc(N(c6ccc(OC)cc6)c6ccc7c8ccc(OC)cc8n(CC)c7c6)ccc5-4)c4cc(N(c5ccc(OC)cc5)c5ccc6c7ccc(OC)cc7n(CC)c6c5)ccc4-c4ccc(N(c5ccc(OC)cc5)c5ccc6c7ccc(OC)cc7n(CC)c6c5)cc43)cc21. The summed E-state index contributed by atoms with van der Waals surface area (Å²) < 4.78 is 57.2. The fraction of sp³-hybridized carbons (Fsp3) is 0.150. The Kier molecular flexibility index (Phi) is 19.3. The van der Waals surface area contributed by atoms with Crippen molar-refractivity contribution in [3.63, 3.8) is 0 Å². The van der Waals surface area contributed by atoms with Crippen molar-refractivity contribution in [2.24, 2.45) is 0 Å². The van der Waals surface area contributed by atoms with Crippen molar-refractivity contribution in [3.05, 3.63) is 338 Å². The maximum absolute atomic E-state index is 5.98. The molecule has 16 nitrogen and oxygen atoms in total. The summed E-state index contributed by atoms with van der Waals surface area (Å²) in [4.78, 5) is 9.71. The lowest BCUT2D eigenvalue weighted by Crippen LogP contribution is -2.27. The highest BCUT2D eigenvalue weighted by atomic mass is 16.5. The summed E-state index contributed by atoms with van der Waals surface area (Å²) in [6, 6.07) is 116. The normalized spacial score (nSPS) is 12.4. The van der Waals surface area contributed by atoms with Crippen molar-refractivity contribution in [3.8, 4) is 68.2 Å². The van der Waals surface area contributed by atoms with Crippen LogP contribution in [0.15, 0.2) is 315 Å². The molecular weight excluding hydrogens is 1600 g/mol. The number of ether oxygens (including phenoxy) is 8. The van der Waals surface area contributed by atoms with Crippen LogP contribution in [-0.4, -0.2) is 75.1 Å². The predicted molar refractivity (Wildman–Crippen MR) is 529 cm³/mol. The monoisotopic (exact) mass is 1690 g/mol. The van der Waals surface area contributed by atoms with Gasteiger partial charge in [-0.25, -0.2) is 0 Å². The van der Waals surface area contributed by atoms with E-state index >= 15 is 0 Å². The van der Waals surface area contributed by atoms with Crippen LogP contribution < -0.4 is 57.5 Å². The molecule has 0 bridgehead atoms. The van der Waals surface area contributed by atoms with Crippen molar-refractivity contribution >= 4 is 155 Å². The summed E-state index contributed by atoms with van der Waals surface area (Å²) in [5, 5.41) is 9.27. The minimum absolute atomic E-state index is 0.736. The van der Waals surface area contributed by atoms with Crippen molar-refractivity contribution < 1.29 is 37.9 Å². The van der Waals surface area contributed by atoms with Gasteiger partial charge in [0.25, 0.3) is 0 Å². The van der Waals surface area contributed by atoms with Crippen LogP contribution in [0.1, 0.15) is 49.9 Å². The molecule has 0 radical (unpaired) electrons. The van der Waals surface area contributed by atoms with Gasteiger partial charge >= 0.3 is 0 Å². The summed E-state index contributed by atoms with van der Waals surface area (Å²) in [7, 11) is 13.9. The number of methoxy groups -OCH3 is 8. The predicted octanol–water partition coefficient (Wildman–Crippen LogP) is 28.5. The van der Waals surface area contributed by atoms with E-state index in [1.54, 1.807) is 56.9 Å². The molecule has 129 heavy (non-hydrogen) atoms. The minimum atomic E-state index is -1.13. The molecule has 22 rings (SSSR count). The van der Waals surface area contributed by atoms with Gasteiger partial charge in [0.05, 0.1) is 106 Å². The van der Waals surface area contributed by atoms with E-state index < -0.39 is 5.41 Å². The van der Waals surface area contributed by atoms with E-state index in [2.05, 4.69) is 381 Å². The van der Waals surface area contributed by atoms with Gasteiger partial charge in [-0.3, -0.25) is 0 Å². The topological polar surface area (TPSA) is 107 Å². The Hall–Kier alpha value is -15.7. The van der Waals surface area contributed by atoms with Crippen molar-refractivity contribution in [1.82, 2.24) is 18.3 Å². The molecule has 16 heteroatoms. The number of aryl methyl sites for hydroxylation is 4. The van der Waals surface area contributed by atoms with Crippen LogP contribution in [0, 0.1) is 0 Å². The standard InChI is InChI=1S/C113H96N8O8/c1-13-114-105-61-77(29-49-93(105)97-53-41-85(126-9)65-109(97)114)118(69-17-33-81(122-5)34-18-69)73-25-45-89-90-46-26-74(119(70-19-35-82(123-6)36-20-70)78-30-50-94-98-54-42-86(127-10)66-110(98)115(14-2)106(94)62-78)58-102(90)113(101(89)57-73)103-59-75(120(71-21-37-83(124-7)38-22-71)79-31-51-95-99-55-43-87(128-11)67-111(99)116(15-3)107(95)63-79)27-47-91(103)92-48-28-76(60-104(92)113)121(72-23-39-84(125-8)40-24-72)80-32-52-96-100-56-44-88(129-12)68-112(100)117(16-4)108(96)64-80/h17-68H,13-16H2,1-12H3. The molecular formula is C113H96N8O8. The molecule has 0 fully saturated rings. The van der Waals surface area contributed by atoms with Crippen LogP contribution in [0.3, 0.4) is 0 Å². The second-order valence-corrected chi connectivity index (χ2v) is 33.1. The molecule has 0 atom stereocenters. The zero-order valence-electron chi connectivity index (χ0n) is 74.2. The number of aromatic nitrogens is 4. The number of anilines is 12. The highest BCUT2D eigenvalue weighted by Gasteiger charge is 2.53. The number of benzene rings is 16. The first kappa shape index (κ1) is 79.2. The third-order valence-corrected chi connectivity index (χ3v) is 27.1. The number of rotatable bonds is 24. The van der Waals surface area contributed by atoms with Crippen LogP contribution >= 0.6 is 0 Å². The Labute approximate surface area is 748 Å². The Morgan fingerprint density at radius 1 is 0.178 bits per heavy atom. The fourth-order valence-corrected chi connectivity index (χ4v) is 21.1. The van der Waals surface area contributed by atoms with Crippen LogP contribution in [0.4, 0.5) is 68.2 Å². The zero-order chi connectivity index (χ0) is 87.8. The van der Waals surface area contributed by atoms with Gasteiger partial charge in [-0.2, -0.15) is 0 Å². The molecule has 636 valence electrons. The van der Waals surface area contributed by atoms with Gasteiger partial charge in [0, 0.05) is 162 Å². The molecule has 0 N–H and O–H groups in total. The van der Waals surface area contributed by atoms with Gasteiger partial charge < -0.3 is 75.8 Å². The quantitative estimate of drug-likeness (QED) is 0.0575. The second kappa shape index (κ2) is 31.5. The fourth-order valence-electron chi connectivity index (χ4n) is 21.1. The molecule has 20 aromatic rings. The molecule has 0 aliphatic heterocycles. The van der Waals surface area contributed by atoms with Crippen LogP contribution in [-0.2, 0) is 31.6 Å². The van der Waals surface area contributed by atoms with Gasteiger partial charge in [-0.1, -0.05) is 48.5 Å². The van der Waals surface area contributed by atoms with E-state index in [4.69, 9.17) is 37.9 Å². The molecule has 2 aliphatic carbocycles. The van der Waals surface area contributed by atoms with Crippen molar-refractivity contribution in [1.29, 1.82) is 0 Å². The molecule has 4 aromatic heterocycles. The van der Waals surface area contributed by atoms with Crippen molar-refractivity contribution in [2.75, 3.05) is 76.5 Å². The Morgan fingerprint density at radius 3 is 0.519 bits per heavy atom. The smallest absolute Gasteiger partial charge is 0.120 e. The van der Waals surface area contributed by atoms with E-state index in [9.17, 15) is 0 Å². The lowest BCUT2D eigenvalue weighted by Gasteiger charge is -2.35. The van der Waals surface area contributed by atoms with E-state index in [-0.39, 0.29) is 0 Å². The maximum atomic E-state index is 5.98. The van der Waals surface area contributed by atoms with E-state index in [0.29, 0.717) is 0 Å². The third-order valence-electron chi connectivity index (χ3n) is 27.1. The second-order valence-electron chi connectivity index (χ2n) is 33.1. The Morgan fingerprint density at radius 2 is 0.333 bits per heavy atom. The van der Waals surface area contributed by atoms with Crippen LogP contribution in [0.25, 0.3) is 109 Å². The number of fused-ring (bicyclic) bond motifs is 22. The largest absolute Gasteiger partial charge is 0.497 e. The highest BCUT2D eigenvalue weighted by molar-refractivity contribution is 6.14. The average Bonchev–Trinajstić information content (AvgIpc) is 1.50. The summed E-state index contributed by atoms with van der Waals surface area (Å²) >= 11 is 0. The van der Waals surface area contributed by atoms with Gasteiger partial charge in [-0.15, -0.1) is 0 Å². The first-order valence-electron chi connectivity index (χ1n) is 44.1. The highest BCUT2D eigenvalue weighted by Crippen LogP contribution is 2.66. The molecule has 0 unspecified atom stereocenters. The van der Waals surface area contributed by atoms with Gasteiger partial charge in [0.1, 0.15) is 46.0 Å². The number of nitrogens with zero attached hydrogens (tertiary/aromatic N) is 8. The van der Waals surface area contributed by atoms with Gasteiger partial charge in [0.2, 0.25) is 0 Å². The molecule has 0 saturated heterocycles. The summed E-state index contributed by atoms with van der Waals surface area (Å²) in [5.74, 6) is 6.25. The average molecular weight is 1690 g/mol. The zero-order valence-corrected chi connectivity index (χ0v) is 74.2. The van der Waals surface area contributed by atoms with Gasteiger partial charge in [0.15, 0.2) is 0 Å². The maximum Gasteiger partial charge on any atom is 0.120 e. The Balaban J connectivity index is 0.855. The van der Waals surface area contributed by atoms with E-state index in [1.165, 1.54) is 0 Å². The van der Waals surface area contributed by atoms with Crippen LogP contribution in [0.5, 0.6) is 46.0 Å². The molecule has 4 heterocycles. The minimum Gasteiger partial charge on any atom is -0.497 e. The lowest BCUT2D eigenvalue weighted by molar-refractivity contribution is 0.414. The van der Waals surface area contributed by atoms with E-state index in [0.717, 1.165) is 272 Å². The first-order chi connectivity index (χ1) is 63.3. The van der Waals surface area contributed by atoms with Crippen LogP contribution in [0.2, 0.25) is 0 Å². The summed E-state index contributed by atoms with van der Waals surface area (Å²) in [5.41, 5.74) is 28.2. The van der Waals surface area contributed by atoms with Crippen molar-refractivity contribution in [2.45, 2.75) is 59.3 Å². The molecule has 16 aromatic carbocycles. The molecule has 2 aliphatic rings. The van der Waals surface area contributed by atoms with Gasteiger partial charge in [-0.05, 0) is 315 Å². The summed E-state index contributed by atoms with van der Waals surface area (Å²) in [6.07, 6.45) is 0. The molecule has 0 amide bonds. The number of hydrogen-bond donors (Lipinski definition) is 0. The first-order valence-corrected chi connectivity index (χ1v) is 44.1. The van der Waals surface area contributed by atoms with E-state index in [1.807, 2.05) is 0 Å². The third kappa shape index (κ3) is 12.4. The molecule has 0 saturated carbocycles.